The number of hydrogen-bond donors (Lipinski definition) is 1. The topological polar surface area (TPSA) is 50.7 Å². The second-order valence-electron chi connectivity index (χ2n) is 5.80. The number of nitrogens with zero attached hydrogens (tertiary/aromatic N) is 2. The molecule has 0 unspecified atom stereocenters. The molecule has 3 atom stereocenters. The zero-order valence-corrected chi connectivity index (χ0v) is 12.4. The summed E-state index contributed by atoms with van der Waals surface area (Å²) < 4.78 is 1.88. The molecule has 1 heterocycles. The van der Waals surface area contributed by atoms with Crippen LogP contribution in [0.15, 0.2) is 52.4 Å². The fourth-order valence-corrected chi connectivity index (χ4v) is 4.41. The third-order valence-corrected chi connectivity index (χ3v) is 5.48. The molecule has 2 aromatic rings. The quantitative estimate of drug-likeness (QED) is 0.697. The van der Waals surface area contributed by atoms with Crippen molar-refractivity contribution in [3.8, 4) is 0 Å². The van der Waals surface area contributed by atoms with Crippen molar-refractivity contribution in [2.45, 2.75) is 29.8 Å². The molecule has 2 aliphatic rings. The molecule has 2 aliphatic carbocycles. The smallest absolute Gasteiger partial charge is 0.266 e. The third-order valence-electron chi connectivity index (χ3n) is 4.46. The molecule has 0 saturated heterocycles. The number of thioether (sulfide) groups is 1. The molecule has 5 heteroatoms. The van der Waals surface area contributed by atoms with Gasteiger partial charge in [0.25, 0.3) is 0 Å². The monoisotopic (exact) mass is 299 g/mol. The van der Waals surface area contributed by atoms with Gasteiger partial charge in [0, 0.05) is 11.8 Å². The maximum absolute atomic E-state index is 12.1. The molecule has 0 amide bonds. The molecule has 1 N–H and O–H groups in total. The Labute approximate surface area is 127 Å². The van der Waals surface area contributed by atoms with Crippen LogP contribution in [0, 0.1) is 11.8 Å². The number of benzene rings is 1. The van der Waals surface area contributed by atoms with Gasteiger partial charge in [-0.15, -0.1) is 5.10 Å². The van der Waals surface area contributed by atoms with Gasteiger partial charge in [0.2, 0.25) is 0 Å². The molecule has 1 aromatic heterocycles. The lowest BCUT2D eigenvalue weighted by Gasteiger charge is -2.20. The molecule has 2 bridgehead atoms. The van der Waals surface area contributed by atoms with Crippen molar-refractivity contribution < 1.29 is 0 Å². The largest absolute Gasteiger partial charge is 0.344 e. The summed E-state index contributed by atoms with van der Waals surface area (Å²) in [6, 6.07) is 10.6. The number of aromatic nitrogens is 3. The molecule has 108 valence electrons. The molecule has 0 spiro atoms. The Morgan fingerprint density at radius 1 is 1.24 bits per heavy atom. The first kappa shape index (κ1) is 13.0. The van der Waals surface area contributed by atoms with Crippen molar-refractivity contribution in [2.75, 3.05) is 0 Å². The zero-order valence-electron chi connectivity index (χ0n) is 11.6. The summed E-state index contributed by atoms with van der Waals surface area (Å²) >= 11 is 1.63. The van der Waals surface area contributed by atoms with Crippen LogP contribution in [0.25, 0.3) is 0 Å². The Kier molecular flexibility index (Phi) is 3.22. The van der Waals surface area contributed by atoms with Gasteiger partial charge in [-0.25, -0.2) is 9.89 Å². The van der Waals surface area contributed by atoms with E-state index in [0.29, 0.717) is 11.8 Å². The van der Waals surface area contributed by atoms with E-state index < -0.39 is 0 Å². The second-order valence-corrected chi connectivity index (χ2v) is 6.75. The maximum Gasteiger partial charge on any atom is 0.344 e. The van der Waals surface area contributed by atoms with Gasteiger partial charge in [-0.1, -0.05) is 54.2 Å². The molecule has 1 saturated carbocycles. The van der Waals surface area contributed by atoms with Crippen molar-refractivity contribution in [3.63, 3.8) is 0 Å². The van der Waals surface area contributed by atoms with Gasteiger partial charge in [0.15, 0.2) is 5.16 Å². The van der Waals surface area contributed by atoms with Gasteiger partial charge in [-0.3, -0.25) is 4.57 Å². The number of aromatic amines is 1. The minimum Gasteiger partial charge on any atom is -0.266 e. The second kappa shape index (κ2) is 5.22. The highest BCUT2D eigenvalue weighted by molar-refractivity contribution is 7.98. The van der Waals surface area contributed by atoms with Crippen LogP contribution in [0.1, 0.15) is 24.4 Å². The van der Waals surface area contributed by atoms with Crippen LogP contribution in [0.2, 0.25) is 0 Å². The first-order valence-corrected chi connectivity index (χ1v) is 8.32. The molecule has 4 rings (SSSR count). The van der Waals surface area contributed by atoms with E-state index >= 15 is 0 Å². The van der Waals surface area contributed by atoms with E-state index in [0.717, 1.165) is 17.3 Å². The Balaban J connectivity index is 1.57. The Morgan fingerprint density at radius 2 is 2.10 bits per heavy atom. The van der Waals surface area contributed by atoms with E-state index in [-0.39, 0.29) is 11.7 Å². The van der Waals surface area contributed by atoms with E-state index in [1.807, 2.05) is 22.8 Å². The SMILES string of the molecule is O=c1[nH]nc(SCc2ccccc2)n1[C@H]1C[C@H]2C=C[C@@H]1C2. The van der Waals surface area contributed by atoms with Crippen LogP contribution in [-0.2, 0) is 5.75 Å². The minimum absolute atomic E-state index is 0.0727. The highest BCUT2D eigenvalue weighted by Gasteiger charge is 2.38. The number of rotatable bonds is 4. The van der Waals surface area contributed by atoms with Gasteiger partial charge in [0.05, 0.1) is 0 Å². The van der Waals surface area contributed by atoms with Gasteiger partial charge in [-0.05, 0) is 30.2 Å². The normalized spacial score (nSPS) is 26.6. The molecular formula is C16H17N3OS. The Bertz CT molecular complexity index is 719. The van der Waals surface area contributed by atoms with Gasteiger partial charge >= 0.3 is 5.69 Å². The van der Waals surface area contributed by atoms with E-state index in [1.165, 1.54) is 12.0 Å². The van der Waals surface area contributed by atoms with Gasteiger partial charge < -0.3 is 0 Å². The van der Waals surface area contributed by atoms with Crippen molar-refractivity contribution in [2.24, 2.45) is 11.8 Å². The highest BCUT2D eigenvalue weighted by atomic mass is 32.2. The lowest BCUT2D eigenvalue weighted by atomic mass is 10.0. The summed E-state index contributed by atoms with van der Waals surface area (Å²) in [5, 5.41) is 7.66. The average molecular weight is 299 g/mol. The predicted molar refractivity (Wildman–Crippen MR) is 83.2 cm³/mol. The van der Waals surface area contributed by atoms with Crippen LogP contribution >= 0.6 is 11.8 Å². The number of nitrogens with one attached hydrogen (secondary N) is 1. The molecule has 21 heavy (non-hydrogen) atoms. The number of hydrogen-bond acceptors (Lipinski definition) is 3. The summed E-state index contributed by atoms with van der Waals surface area (Å²) in [4.78, 5) is 12.1. The van der Waals surface area contributed by atoms with Crippen LogP contribution < -0.4 is 5.69 Å². The Hall–Kier alpha value is -1.75. The standard InChI is InChI=1S/C16H17N3OS/c20-15-17-18-16(21-10-11-4-2-1-3-5-11)19(15)14-9-12-6-7-13(14)8-12/h1-7,12-14H,8-10H2,(H,17,20)/t12-,13+,14-/m0/s1. The van der Waals surface area contributed by atoms with Crippen molar-refractivity contribution in [3.05, 3.63) is 58.5 Å². The van der Waals surface area contributed by atoms with Crippen LogP contribution in [0.4, 0.5) is 0 Å². The molecule has 1 fully saturated rings. The molecule has 0 radical (unpaired) electrons. The van der Waals surface area contributed by atoms with E-state index in [2.05, 4.69) is 34.5 Å². The van der Waals surface area contributed by atoms with E-state index in [1.54, 1.807) is 11.8 Å². The number of fused-ring (bicyclic) bond motifs is 2. The van der Waals surface area contributed by atoms with Crippen molar-refractivity contribution in [1.82, 2.24) is 14.8 Å². The average Bonchev–Trinajstić information content (AvgIpc) is 3.21. The van der Waals surface area contributed by atoms with E-state index in [4.69, 9.17) is 0 Å². The summed E-state index contributed by atoms with van der Waals surface area (Å²) in [6.07, 6.45) is 6.82. The predicted octanol–water partition coefficient (Wildman–Crippen LogP) is 3.00. The van der Waals surface area contributed by atoms with Crippen molar-refractivity contribution in [1.29, 1.82) is 0 Å². The van der Waals surface area contributed by atoms with Crippen LogP contribution in [0.5, 0.6) is 0 Å². The molecular weight excluding hydrogens is 282 g/mol. The molecule has 0 aliphatic heterocycles. The Morgan fingerprint density at radius 3 is 2.81 bits per heavy atom. The molecule has 1 aromatic carbocycles. The summed E-state index contributed by atoms with van der Waals surface area (Å²) in [5.74, 6) is 1.98. The zero-order chi connectivity index (χ0) is 14.2. The lowest BCUT2D eigenvalue weighted by Crippen LogP contribution is -2.25. The first-order valence-electron chi connectivity index (χ1n) is 7.33. The third kappa shape index (κ3) is 2.35. The maximum atomic E-state index is 12.1. The fourth-order valence-electron chi connectivity index (χ4n) is 3.46. The molecule has 4 nitrogen and oxygen atoms in total. The summed E-state index contributed by atoms with van der Waals surface area (Å²) in [7, 11) is 0. The fraction of sp³-hybridized carbons (Fsp3) is 0.375. The lowest BCUT2D eigenvalue weighted by molar-refractivity contribution is 0.396. The van der Waals surface area contributed by atoms with E-state index in [9.17, 15) is 4.79 Å². The van der Waals surface area contributed by atoms with Crippen molar-refractivity contribution >= 4 is 11.8 Å². The number of H-pyrrole nitrogens is 1. The first-order chi connectivity index (χ1) is 10.3. The number of allylic oxidation sites excluding steroid dienone is 2. The summed E-state index contributed by atoms with van der Waals surface area (Å²) in [5.41, 5.74) is 1.17. The summed E-state index contributed by atoms with van der Waals surface area (Å²) in [6.45, 7) is 0. The van der Waals surface area contributed by atoms with Gasteiger partial charge in [-0.2, -0.15) is 0 Å². The van der Waals surface area contributed by atoms with Crippen LogP contribution in [0.3, 0.4) is 0 Å². The minimum atomic E-state index is -0.0727. The highest BCUT2D eigenvalue weighted by Crippen LogP contribution is 2.46. The van der Waals surface area contributed by atoms with Crippen LogP contribution in [-0.4, -0.2) is 14.8 Å². The van der Waals surface area contributed by atoms with Gasteiger partial charge in [0.1, 0.15) is 0 Å².